The van der Waals surface area contributed by atoms with Crippen LogP contribution in [0.3, 0.4) is 0 Å². The highest BCUT2D eigenvalue weighted by atomic mass is 19.1. The number of aryl methyl sites for hydroxylation is 1. The molecule has 0 fully saturated rings. The molecule has 1 aromatic carbocycles. The second-order valence-corrected chi connectivity index (χ2v) is 3.71. The smallest absolute Gasteiger partial charge is 0.190 e. The molecule has 92 valence electrons. The standard InChI is InChI=1S/C12H11FN4O/c13-10-4-2-9(3-5-10)12-11(8-14)15-16-17(12)6-1-7-18/h2-5,18H,1,6-7H2. The van der Waals surface area contributed by atoms with Gasteiger partial charge in [-0.25, -0.2) is 9.07 Å². The Kier molecular flexibility index (Phi) is 3.65. The predicted molar refractivity (Wildman–Crippen MR) is 61.8 cm³/mol. The van der Waals surface area contributed by atoms with Gasteiger partial charge in [0, 0.05) is 18.7 Å². The summed E-state index contributed by atoms with van der Waals surface area (Å²) in [5.41, 5.74) is 1.42. The molecule has 0 atom stereocenters. The molecule has 0 aliphatic heterocycles. The van der Waals surface area contributed by atoms with Crippen molar-refractivity contribution in [2.75, 3.05) is 6.61 Å². The number of hydrogen-bond acceptors (Lipinski definition) is 4. The molecular formula is C12H11FN4O. The molecular weight excluding hydrogens is 235 g/mol. The van der Waals surface area contributed by atoms with Gasteiger partial charge in [-0.2, -0.15) is 5.26 Å². The van der Waals surface area contributed by atoms with Crippen LogP contribution in [0.25, 0.3) is 11.3 Å². The third-order valence-electron chi connectivity index (χ3n) is 2.49. The highest BCUT2D eigenvalue weighted by molar-refractivity contribution is 5.64. The first-order valence-electron chi connectivity index (χ1n) is 5.46. The second-order valence-electron chi connectivity index (χ2n) is 3.71. The number of nitrogens with zero attached hydrogens (tertiary/aromatic N) is 4. The molecule has 0 amide bonds. The lowest BCUT2D eigenvalue weighted by atomic mass is 10.1. The van der Waals surface area contributed by atoms with E-state index in [1.54, 1.807) is 16.8 Å². The van der Waals surface area contributed by atoms with Crippen molar-refractivity contribution in [3.8, 4) is 17.3 Å². The number of halogens is 1. The third-order valence-corrected chi connectivity index (χ3v) is 2.49. The molecule has 1 heterocycles. The van der Waals surface area contributed by atoms with Crippen molar-refractivity contribution >= 4 is 0 Å². The Bertz CT molecular complexity index is 571. The van der Waals surface area contributed by atoms with Crippen molar-refractivity contribution in [3.05, 3.63) is 35.8 Å². The summed E-state index contributed by atoms with van der Waals surface area (Å²) >= 11 is 0. The van der Waals surface area contributed by atoms with Crippen molar-refractivity contribution in [2.45, 2.75) is 13.0 Å². The van der Waals surface area contributed by atoms with Gasteiger partial charge in [0.2, 0.25) is 0 Å². The number of hydrogen-bond donors (Lipinski definition) is 1. The van der Waals surface area contributed by atoms with E-state index in [1.165, 1.54) is 12.1 Å². The highest BCUT2D eigenvalue weighted by Gasteiger charge is 2.14. The van der Waals surface area contributed by atoms with E-state index < -0.39 is 0 Å². The molecule has 0 unspecified atom stereocenters. The molecule has 0 aliphatic carbocycles. The van der Waals surface area contributed by atoms with Crippen molar-refractivity contribution in [1.29, 1.82) is 5.26 Å². The van der Waals surface area contributed by atoms with E-state index in [0.717, 1.165) is 0 Å². The Morgan fingerprint density at radius 1 is 1.33 bits per heavy atom. The van der Waals surface area contributed by atoms with Gasteiger partial charge in [-0.05, 0) is 30.7 Å². The molecule has 0 saturated carbocycles. The summed E-state index contributed by atoms with van der Waals surface area (Å²) in [7, 11) is 0. The first-order valence-corrected chi connectivity index (χ1v) is 5.46. The number of aliphatic hydroxyl groups is 1. The summed E-state index contributed by atoms with van der Waals surface area (Å²) in [6.07, 6.45) is 0.516. The van der Waals surface area contributed by atoms with Gasteiger partial charge in [0.15, 0.2) is 5.69 Å². The minimum atomic E-state index is -0.341. The zero-order chi connectivity index (χ0) is 13.0. The molecule has 1 N–H and O–H groups in total. The zero-order valence-corrected chi connectivity index (χ0v) is 9.54. The fraction of sp³-hybridized carbons (Fsp3) is 0.250. The zero-order valence-electron chi connectivity index (χ0n) is 9.54. The number of benzene rings is 1. The van der Waals surface area contributed by atoms with Gasteiger partial charge in [0.1, 0.15) is 17.6 Å². The summed E-state index contributed by atoms with van der Waals surface area (Å²) in [4.78, 5) is 0. The Hall–Kier alpha value is -2.26. The fourth-order valence-electron chi connectivity index (χ4n) is 1.66. The summed E-state index contributed by atoms with van der Waals surface area (Å²) < 4.78 is 14.4. The van der Waals surface area contributed by atoms with E-state index in [0.29, 0.717) is 24.2 Å². The molecule has 0 radical (unpaired) electrons. The molecule has 0 aliphatic rings. The Balaban J connectivity index is 2.44. The average molecular weight is 246 g/mol. The van der Waals surface area contributed by atoms with Crippen LogP contribution in [0.2, 0.25) is 0 Å². The Labute approximate surface area is 103 Å². The van der Waals surface area contributed by atoms with Gasteiger partial charge < -0.3 is 5.11 Å². The topological polar surface area (TPSA) is 74.7 Å². The maximum Gasteiger partial charge on any atom is 0.190 e. The Morgan fingerprint density at radius 3 is 2.67 bits per heavy atom. The first-order chi connectivity index (χ1) is 8.76. The van der Waals surface area contributed by atoms with Gasteiger partial charge in [0.05, 0.1) is 0 Å². The summed E-state index contributed by atoms with van der Waals surface area (Å²) in [5.74, 6) is -0.341. The van der Waals surface area contributed by atoms with Gasteiger partial charge in [-0.15, -0.1) is 5.10 Å². The van der Waals surface area contributed by atoms with Crippen LogP contribution in [0.1, 0.15) is 12.1 Å². The molecule has 18 heavy (non-hydrogen) atoms. The minimum absolute atomic E-state index is 0.0323. The molecule has 0 spiro atoms. The SMILES string of the molecule is N#Cc1nnn(CCCO)c1-c1ccc(F)cc1. The van der Waals surface area contributed by atoms with E-state index >= 15 is 0 Å². The maximum absolute atomic E-state index is 12.9. The van der Waals surface area contributed by atoms with Crippen LogP contribution >= 0.6 is 0 Å². The van der Waals surface area contributed by atoms with E-state index in [4.69, 9.17) is 10.4 Å². The van der Waals surface area contributed by atoms with Crippen LogP contribution in [-0.4, -0.2) is 26.7 Å². The van der Waals surface area contributed by atoms with Crippen LogP contribution in [0.5, 0.6) is 0 Å². The molecule has 0 saturated heterocycles. The maximum atomic E-state index is 12.9. The molecule has 6 heteroatoms. The lowest BCUT2D eigenvalue weighted by molar-refractivity contribution is 0.276. The molecule has 0 bridgehead atoms. The first kappa shape index (κ1) is 12.2. The number of aliphatic hydroxyl groups excluding tert-OH is 1. The molecule has 2 rings (SSSR count). The van der Waals surface area contributed by atoms with Crippen molar-refractivity contribution in [2.24, 2.45) is 0 Å². The lowest BCUT2D eigenvalue weighted by Crippen LogP contribution is -2.04. The van der Waals surface area contributed by atoms with Crippen LogP contribution in [0.15, 0.2) is 24.3 Å². The molecule has 2 aromatic rings. The van der Waals surface area contributed by atoms with Crippen molar-refractivity contribution < 1.29 is 9.50 Å². The summed E-state index contributed by atoms with van der Waals surface area (Å²) in [6, 6.07) is 7.74. The largest absolute Gasteiger partial charge is 0.396 e. The fourth-order valence-corrected chi connectivity index (χ4v) is 1.66. The van der Waals surface area contributed by atoms with Crippen LogP contribution < -0.4 is 0 Å². The number of aromatic nitrogens is 3. The Morgan fingerprint density at radius 2 is 2.06 bits per heavy atom. The monoisotopic (exact) mass is 246 g/mol. The summed E-state index contributed by atoms with van der Waals surface area (Å²) in [6.45, 7) is 0.489. The third kappa shape index (κ3) is 2.36. The van der Waals surface area contributed by atoms with Gasteiger partial charge >= 0.3 is 0 Å². The van der Waals surface area contributed by atoms with Gasteiger partial charge in [-0.1, -0.05) is 5.21 Å². The lowest BCUT2D eigenvalue weighted by Gasteiger charge is -2.05. The van der Waals surface area contributed by atoms with Crippen molar-refractivity contribution in [3.63, 3.8) is 0 Å². The molecule has 1 aromatic heterocycles. The van der Waals surface area contributed by atoms with E-state index in [-0.39, 0.29) is 18.1 Å². The van der Waals surface area contributed by atoms with Gasteiger partial charge in [0.25, 0.3) is 0 Å². The van der Waals surface area contributed by atoms with Crippen LogP contribution in [-0.2, 0) is 6.54 Å². The minimum Gasteiger partial charge on any atom is -0.396 e. The van der Waals surface area contributed by atoms with Crippen LogP contribution in [0, 0.1) is 17.1 Å². The average Bonchev–Trinajstić information content (AvgIpc) is 2.80. The van der Waals surface area contributed by atoms with Gasteiger partial charge in [-0.3, -0.25) is 0 Å². The normalized spacial score (nSPS) is 10.3. The van der Waals surface area contributed by atoms with E-state index in [2.05, 4.69) is 10.3 Å². The highest BCUT2D eigenvalue weighted by Crippen LogP contribution is 2.22. The summed E-state index contributed by atoms with van der Waals surface area (Å²) in [5, 5.41) is 25.4. The van der Waals surface area contributed by atoms with Crippen LogP contribution in [0.4, 0.5) is 4.39 Å². The number of nitriles is 1. The van der Waals surface area contributed by atoms with E-state index in [9.17, 15) is 4.39 Å². The predicted octanol–water partition coefficient (Wildman–Crippen LogP) is 1.34. The van der Waals surface area contributed by atoms with Crippen molar-refractivity contribution in [1.82, 2.24) is 15.0 Å². The quantitative estimate of drug-likeness (QED) is 0.883. The second kappa shape index (κ2) is 5.38. The van der Waals surface area contributed by atoms with E-state index in [1.807, 2.05) is 6.07 Å². The molecule has 5 nitrogen and oxygen atoms in total. The number of rotatable bonds is 4.